The van der Waals surface area contributed by atoms with Gasteiger partial charge in [-0.15, -0.1) is 11.3 Å². The molecule has 0 fully saturated rings. The van der Waals surface area contributed by atoms with E-state index in [2.05, 4.69) is 0 Å². The largest absolute Gasteiger partial charge is 0.426 e. The highest BCUT2D eigenvalue weighted by Crippen LogP contribution is 2.42. The van der Waals surface area contributed by atoms with E-state index < -0.39 is 11.1 Å². The zero-order chi connectivity index (χ0) is 13.2. The summed E-state index contributed by atoms with van der Waals surface area (Å²) >= 11 is 0.736. The Morgan fingerprint density at radius 3 is 2.32 bits per heavy atom. The summed E-state index contributed by atoms with van der Waals surface area (Å²) in [7, 11) is 1.47. The van der Waals surface area contributed by atoms with Crippen LogP contribution in [0.25, 0.3) is 11.1 Å². The van der Waals surface area contributed by atoms with Crippen molar-refractivity contribution >= 4 is 11.3 Å². The topological polar surface area (TPSA) is 9.23 Å². The summed E-state index contributed by atoms with van der Waals surface area (Å²) < 4.78 is 43.8. The highest BCUT2D eigenvalue weighted by Gasteiger charge is 2.36. The zero-order valence-corrected chi connectivity index (χ0v) is 10.4. The summed E-state index contributed by atoms with van der Waals surface area (Å²) in [6.45, 7) is 0.195. The van der Waals surface area contributed by atoms with Crippen molar-refractivity contribution in [3.05, 3.63) is 46.2 Å². The number of hydrogen-bond acceptors (Lipinski definition) is 2. The number of methoxy groups -OCH3 is 1. The van der Waals surface area contributed by atoms with E-state index >= 15 is 0 Å². The van der Waals surface area contributed by atoms with Crippen LogP contribution >= 0.6 is 11.3 Å². The Morgan fingerprint density at radius 1 is 1.16 bits per heavy atom. The predicted molar refractivity (Wildman–Crippen MR) is 72.2 cm³/mol. The van der Waals surface area contributed by atoms with E-state index in [1.807, 2.05) is 0 Å². The Bertz CT molecular complexity index is 517. The molecule has 0 unspecified atom stereocenters. The van der Waals surface area contributed by atoms with Gasteiger partial charge in [0.25, 0.3) is 0 Å². The molecule has 0 aliphatic heterocycles. The van der Waals surface area contributed by atoms with Gasteiger partial charge < -0.3 is 4.74 Å². The molecular formula is C14H15F3OS. The van der Waals surface area contributed by atoms with E-state index in [0.29, 0.717) is 10.4 Å². The van der Waals surface area contributed by atoms with Crippen LogP contribution in [0.2, 0.25) is 0 Å². The van der Waals surface area contributed by atoms with Crippen molar-refractivity contribution in [2.45, 2.75) is 20.2 Å². The van der Waals surface area contributed by atoms with Crippen LogP contribution in [-0.2, 0) is 17.5 Å². The number of alkyl halides is 3. The summed E-state index contributed by atoms with van der Waals surface area (Å²) in [5, 5.41) is 0. The molecule has 1 aromatic heterocycles. The molecule has 1 aromatic carbocycles. The third-order valence-electron chi connectivity index (χ3n) is 2.41. The summed E-state index contributed by atoms with van der Waals surface area (Å²) in [6.07, 6.45) is -4.33. The molecule has 104 valence electrons. The molecule has 0 aliphatic carbocycles. The number of ether oxygens (including phenoxy) is 1. The van der Waals surface area contributed by atoms with Gasteiger partial charge in [-0.25, -0.2) is 0 Å². The first-order valence-corrected chi connectivity index (χ1v) is 6.08. The number of hydrogen-bond donors (Lipinski definition) is 0. The Hall–Kier alpha value is -1.33. The van der Waals surface area contributed by atoms with Crippen LogP contribution in [0.5, 0.6) is 0 Å². The minimum atomic E-state index is -4.33. The van der Waals surface area contributed by atoms with Gasteiger partial charge in [-0.05, 0) is 11.6 Å². The first-order valence-electron chi connectivity index (χ1n) is 5.26. The minimum absolute atomic E-state index is 0. The third kappa shape index (κ3) is 3.58. The van der Waals surface area contributed by atoms with Gasteiger partial charge in [-0.1, -0.05) is 37.8 Å². The molecule has 1 nitrogen and oxygen atoms in total. The van der Waals surface area contributed by atoms with Crippen molar-refractivity contribution in [3.8, 4) is 11.1 Å². The monoisotopic (exact) mass is 288 g/mol. The molecule has 0 aliphatic rings. The smallest absolute Gasteiger partial charge is 0.379 e. The average Bonchev–Trinajstić information content (AvgIpc) is 2.75. The maximum atomic E-state index is 13.0. The highest BCUT2D eigenvalue weighted by molar-refractivity contribution is 7.12. The van der Waals surface area contributed by atoms with Crippen LogP contribution in [-0.4, -0.2) is 7.11 Å². The molecule has 0 bridgehead atoms. The van der Waals surface area contributed by atoms with Crippen molar-refractivity contribution in [1.29, 1.82) is 0 Å². The lowest BCUT2D eigenvalue weighted by molar-refractivity contribution is -0.133. The first-order chi connectivity index (χ1) is 8.52. The van der Waals surface area contributed by atoms with Gasteiger partial charge >= 0.3 is 6.18 Å². The van der Waals surface area contributed by atoms with Crippen LogP contribution in [0.3, 0.4) is 0 Å². The van der Waals surface area contributed by atoms with Crippen LogP contribution in [0.15, 0.2) is 36.4 Å². The lowest BCUT2D eigenvalue weighted by Crippen LogP contribution is -2.03. The van der Waals surface area contributed by atoms with E-state index in [4.69, 9.17) is 4.74 Å². The first kappa shape index (κ1) is 15.7. The lowest BCUT2D eigenvalue weighted by atomic mass is 10.1. The Morgan fingerprint density at radius 2 is 1.79 bits per heavy atom. The maximum absolute atomic E-state index is 13.0. The van der Waals surface area contributed by atoms with Gasteiger partial charge in [-0.2, -0.15) is 13.2 Å². The Kier molecular flexibility index (Phi) is 5.14. The third-order valence-corrected chi connectivity index (χ3v) is 3.57. The van der Waals surface area contributed by atoms with E-state index in [1.165, 1.54) is 7.11 Å². The Balaban J connectivity index is 0.00000180. The molecular weight excluding hydrogens is 273 g/mol. The molecule has 0 amide bonds. The fourth-order valence-electron chi connectivity index (χ4n) is 1.70. The van der Waals surface area contributed by atoms with Gasteiger partial charge in [0.2, 0.25) is 0 Å². The minimum Gasteiger partial charge on any atom is -0.379 e. The van der Waals surface area contributed by atoms with E-state index in [1.54, 1.807) is 36.4 Å². The van der Waals surface area contributed by atoms with Crippen LogP contribution < -0.4 is 0 Å². The molecule has 0 N–H and O–H groups in total. The molecule has 19 heavy (non-hydrogen) atoms. The molecule has 2 aromatic rings. The molecule has 0 radical (unpaired) electrons. The van der Waals surface area contributed by atoms with Crippen LogP contribution in [0.1, 0.15) is 17.2 Å². The number of benzene rings is 1. The number of rotatable bonds is 3. The quantitative estimate of drug-likeness (QED) is 0.752. The number of halogens is 3. The molecule has 0 saturated heterocycles. The lowest BCUT2D eigenvalue weighted by Gasteiger charge is -2.07. The molecule has 0 spiro atoms. The van der Waals surface area contributed by atoms with Crippen LogP contribution in [0, 0.1) is 0 Å². The summed E-state index contributed by atoms with van der Waals surface area (Å²) in [6, 6.07) is 10.1. The maximum Gasteiger partial charge on any atom is 0.426 e. The summed E-state index contributed by atoms with van der Waals surface area (Å²) in [5.41, 5.74) is 0.795. The van der Waals surface area contributed by atoms with Crippen molar-refractivity contribution in [2.75, 3.05) is 7.11 Å². The van der Waals surface area contributed by atoms with E-state index in [9.17, 15) is 13.2 Å². The molecule has 2 rings (SSSR count). The molecule has 0 saturated carbocycles. The second-order valence-corrected chi connectivity index (χ2v) is 4.89. The predicted octanol–water partition coefficient (Wildman–Crippen LogP) is 5.22. The van der Waals surface area contributed by atoms with Gasteiger partial charge in [0.1, 0.15) is 4.88 Å². The molecule has 1 heterocycles. The van der Waals surface area contributed by atoms with Gasteiger partial charge in [0.15, 0.2) is 0 Å². The molecule has 5 heteroatoms. The number of thiophene rings is 1. The van der Waals surface area contributed by atoms with Crippen molar-refractivity contribution in [2.24, 2.45) is 0 Å². The second kappa shape index (κ2) is 6.21. The Labute approximate surface area is 114 Å². The normalized spacial score (nSPS) is 11.2. The van der Waals surface area contributed by atoms with Gasteiger partial charge in [0.05, 0.1) is 6.61 Å². The van der Waals surface area contributed by atoms with Crippen molar-refractivity contribution in [1.82, 2.24) is 0 Å². The van der Waals surface area contributed by atoms with E-state index in [0.717, 1.165) is 11.3 Å². The fraction of sp³-hybridized carbons (Fsp3) is 0.286. The highest BCUT2D eigenvalue weighted by atomic mass is 32.1. The zero-order valence-electron chi connectivity index (χ0n) is 9.62. The van der Waals surface area contributed by atoms with Gasteiger partial charge in [0, 0.05) is 17.6 Å². The summed E-state index contributed by atoms with van der Waals surface area (Å²) in [5.74, 6) is 0. The summed E-state index contributed by atoms with van der Waals surface area (Å²) in [4.78, 5) is 0.00410. The molecule has 0 atom stereocenters. The van der Waals surface area contributed by atoms with Crippen molar-refractivity contribution < 1.29 is 17.9 Å². The average molecular weight is 288 g/mol. The standard InChI is InChI=1S/C13H11F3OS.CH4/c1-17-8-10-7-11(9-5-3-2-4-6-9)12(18-10)13(14,15)16;/h2-7H,8H2,1H3;1H4. The van der Waals surface area contributed by atoms with Crippen LogP contribution in [0.4, 0.5) is 13.2 Å². The second-order valence-electron chi connectivity index (χ2n) is 3.75. The van der Waals surface area contributed by atoms with Crippen molar-refractivity contribution in [3.63, 3.8) is 0 Å². The van der Waals surface area contributed by atoms with Gasteiger partial charge in [-0.3, -0.25) is 0 Å². The SMILES string of the molecule is C.COCc1cc(-c2ccccc2)c(C(F)(F)F)s1. The van der Waals surface area contributed by atoms with E-state index in [-0.39, 0.29) is 19.6 Å². The fourth-order valence-corrected chi connectivity index (χ4v) is 2.72.